The average molecular weight is 574 g/mol. The molecule has 0 atom stereocenters. The standard InChI is InChI=1S/C44H31N/c1-3-13-32(14-4-1)37-20-11-22-40(30-37)45(41-23-12-21-38(31-41)33-15-5-2-6-16-33)43-28-27-35-18-9-10-24-42(35)44(43)39-26-25-34-17-7-8-19-36(34)29-39/h1-31H. The monoisotopic (exact) mass is 573 g/mol. The van der Waals surface area contributed by atoms with Gasteiger partial charge in [-0.15, -0.1) is 0 Å². The molecule has 0 aliphatic carbocycles. The summed E-state index contributed by atoms with van der Waals surface area (Å²) in [7, 11) is 0. The molecule has 0 fully saturated rings. The highest BCUT2D eigenvalue weighted by atomic mass is 15.1. The molecule has 0 spiro atoms. The highest BCUT2D eigenvalue weighted by Crippen LogP contribution is 2.46. The van der Waals surface area contributed by atoms with E-state index in [0.29, 0.717) is 0 Å². The molecule has 45 heavy (non-hydrogen) atoms. The minimum Gasteiger partial charge on any atom is -0.310 e. The van der Waals surface area contributed by atoms with Crippen LogP contribution in [0.5, 0.6) is 0 Å². The van der Waals surface area contributed by atoms with Crippen LogP contribution in [0.4, 0.5) is 17.1 Å². The van der Waals surface area contributed by atoms with Gasteiger partial charge in [0.05, 0.1) is 5.69 Å². The molecule has 0 saturated heterocycles. The number of anilines is 3. The van der Waals surface area contributed by atoms with Crippen molar-refractivity contribution in [2.24, 2.45) is 0 Å². The van der Waals surface area contributed by atoms with Crippen molar-refractivity contribution in [3.05, 3.63) is 188 Å². The summed E-state index contributed by atoms with van der Waals surface area (Å²) >= 11 is 0. The van der Waals surface area contributed by atoms with E-state index < -0.39 is 0 Å². The molecule has 0 amide bonds. The molecule has 8 aromatic carbocycles. The minimum absolute atomic E-state index is 1.11. The summed E-state index contributed by atoms with van der Waals surface area (Å²) in [6.07, 6.45) is 0. The Morgan fingerprint density at radius 3 is 1.44 bits per heavy atom. The van der Waals surface area contributed by atoms with Crippen molar-refractivity contribution in [2.75, 3.05) is 4.90 Å². The zero-order chi connectivity index (χ0) is 30.0. The van der Waals surface area contributed by atoms with Gasteiger partial charge in [0.25, 0.3) is 0 Å². The maximum absolute atomic E-state index is 2.43. The predicted molar refractivity (Wildman–Crippen MR) is 192 cm³/mol. The van der Waals surface area contributed by atoms with Crippen LogP contribution in [-0.4, -0.2) is 0 Å². The molecule has 0 heterocycles. The van der Waals surface area contributed by atoms with Crippen LogP contribution in [-0.2, 0) is 0 Å². The van der Waals surface area contributed by atoms with Crippen LogP contribution >= 0.6 is 0 Å². The summed E-state index contributed by atoms with van der Waals surface area (Å²) < 4.78 is 0. The number of benzene rings is 8. The van der Waals surface area contributed by atoms with Gasteiger partial charge in [-0.05, 0) is 85.8 Å². The second-order valence-corrected chi connectivity index (χ2v) is 11.4. The van der Waals surface area contributed by atoms with Crippen LogP contribution in [0.2, 0.25) is 0 Å². The van der Waals surface area contributed by atoms with Gasteiger partial charge in [0.2, 0.25) is 0 Å². The van der Waals surface area contributed by atoms with Crippen LogP contribution in [0.3, 0.4) is 0 Å². The SMILES string of the molecule is c1ccc(-c2cccc(N(c3cccc(-c4ccccc4)c3)c3ccc4ccccc4c3-c3ccc4ccccc4c3)c2)cc1. The van der Waals surface area contributed by atoms with Gasteiger partial charge >= 0.3 is 0 Å². The first-order valence-electron chi connectivity index (χ1n) is 15.4. The average Bonchev–Trinajstić information content (AvgIpc) is 3.12. The maximum Gasteiger partial charge on any atom is 0.0546 e. The topological polar surface area (TPSA) is 3.24 Å². The summed E-state index contributed by atoms with van der Waals surface area (Å²) in [4.78, 5) is 2.43. The number of hydrogen-bond acceptors (Lipinski definition) is 1. The molecule has 0 bridgehead atoms. The van der Waals surface area contributed by atoms with Gasteiger partial charge in [-0.25, -0.2) is 0 Å². The maximum atomic E-state index is 2.43. The molecule has 0 N–H and O–H groups in total. The van der Waals surface area contributed by atoms with E-state index in [1.165, 1.54) is 54.9 Å². The Bertz CT molecular complexity index is 2180. The van der Waals surface area contributed by atoms with Crippen molar-refractivity contribution < 1.29 is 0 Å². The third-order valence-corrected chi connectivity index (χ3v) is 8.61. The molecule has 8 aromatic rings. The van der Waals surface area contributed by atoms with Crippen LogP contribution in [0, 0.1) is 0 Å². The third-order valence-electron chi connectivity index (χ3n) is 8.61. The summed E-state index contributed by atoms with van der Waals surface area (Å²) in [5.74, 6) is 0. The van der Waals surface area contributed by atoms with Gasteiger partial charge in [-0.3, -0.25) is 0 Å². The fourth-order valence-electron chi connectivity index (χ4n) is 6.43. The van der Waals surface area contributed by atoms with Crippen molar-refractivity contribution in [1.29, 1.82) is 0 Å². The van der Waals surface area contributed by atoms with Crippen LogP contribution in [0.15, 0.2) is 188 Å². The van der Waals surface area contributed by atoms with E-state index in [0.717, 1.165) is 17.1 Å². The van der Waals surface area contributed by atoms with Gasteiger partial charge in [0.15, 0.2) is 0 Å². The molecular formula is C44H31N. The lowest BCUT2D eigenvalue weighted by molar-refractivity contribution is 1.29. The van der Waals surface area contributed by atoms with Crippen molar-refractivity contribution in [2.45, 2.75) is 0 Å². The van der Waals surface area contributed by atoms with Crippen molar-refractivity contribution in [1.82, 2.24) is 0 Å². The van der Waals surface area contributed by atoms with Crippen molar-refractivity contribution >= 4 is 38.6 Å². The Labute approximate surface area is 264 Å². The summed E-state index contributed by atoms with van der Waals surface area (Å²) in [5, 5.41) is 4.93. The molecule has 0 unspecified atom stereocenters. The van der Waals surface area contributed by atoms with Gasteiger partial charge in [0.1, 0.15) is 0 Å². The van der Waals surface area contributed by atoms with Crippen LogP contribution in [0.1, 0.15) is 0 Å². The first-order valence-corrected chi connectivity index (χ1v) is 15.4. The zero-order valence-corrected chi connectivity index (χ0v) is 24.8. The van der Waals surface area contributed by atoms with E-state index in [-0.39, 0.29) is 0 Å². The van der Waals surface area contributed by atoms with Gasteiger partial charge < -0.3 is 4.90 Å². The Morgan fingerprint density at radius 2 is 0.800 bits per heavy atom. The van der Waals surface area contributed by atoms with E-state index in [2.05, 4.69) is 193 Å². The highest BCUT2D eigenvalue weighted by molar-refractivity contribution is 6.07. The van der Waals surface area contributed by atoms with Gasteiger partial charge in [-0.1, -0.05) is 152 Å². The Kier molecular flexibility index (Phi) is 6.90. The highest BCUT2D eigenvalue weighted by Gasteiger charge is 2.20. The second kappa shape index (κ2) is 11.6. The number of nitrogens with zero attached hydrogens (tertiary/aromatic N) is 1. The van der Waals surface area contributed by atoms with Gasteiger partial charge in [0, 0.05) is 16.9 Å². The lowest BCUT2D eigenvalue weighted by atomic mass is 9.93. The normalized spacial score (nSPS) is 11.1. The molecule has 0 aromatic heterocycles. The molecule has 1 heteroatoms. The first-order chi connectivity index (χ1) is 22.3. The molecule has 0 radical (unpaired) electrons. The molecule has 1 nitrogen and oxygen atoms in total. The lowest BCUT2D eigenvalue weighted by Crippen LogP contribution is -2.12. The van der Waals surface area contributed by atoms with E-state index in [4.69, 9.17) is 0 Å². The van der Waals surface area contributed by atoms with E-state index >= 15 is 0 Å². The van der Waals surface area contributed by atoms with E-state index in [1.807, 2.05) is 0 Å². The van der Waals surface area contributed by atoms with E-state index in [1.54, 1.807) is 0 Å². The molecule has 0 aliphatic rings. The van der Waals surface area contributed by atoms with Crippen LogP contribution in [0.25, 0.3) is 54.9 Å². The Hall–Kier alpha value is -5.92. The Morgan fingerprint density at radius 1 is 0.289 bits per heavy atom. The molecular weight excluding hydrogens is 542 g/mol. The molecule has 0 saturated carbocycles. The fraction of sp³-hybridized carbons (Fsp3) is 0. The third kappa shape index (κ3) is 5.15. The predicted octanol–water partition coefficient (Wildman–Crippen LogP) is 12.5. The molecule has 212 valence electrons. The second-order valence-electron chi connectivity index (χ2n) is 11.4. The van der Waals surface area contributed by atoms with Crippen molar-refractivity contribution in [3.8, 4) is 33.4 Å². The van der Waals surface area contributed by atoms with Crippen molar-refractivity contribution in [3.63, 3.8) is 0 Å². The lowest BCUT2D eigenvalue weighted by Gasteiger charge is -2.29. The molecule has 8 rings (SSSR count). The quantitative estimate of drug-likeness (QED) is 0.191. The zero-order valence-electron chi connectivity index (χ0n) is 24.8. The van der Waals surface area contributed by atoms with Gasteiger partial charge in [-0.2, -0.15) is 0 Å². The number of rotatable bonds is 6. The summed E-state index contributed by atoms with van der Waals surface area (Å²) in [6, 6.07) is 67.8. The van der Waals surface area contributed by atoms with E-state index in [9.17, 15) is 0 Å². The van der Waals surface area contributed by atoms with Crippen LogP contribution < -0.4 is 4.90 Å². The Balaban J connectivity index is 1.41. The minimum atomic E-state index is 1.11. The fourth-order valence-corrected chi connectivity index (χ4v) is 6.43. The summed E-state index contributed by atoms with van der Waals surface area (Å²) in [6.45, 7) is 0. The first kappa shape index (κ1) is 26.7. The summed E-state index contributed by atoms with van der Waals surface area (Å²) in [5.41, 5.74) is 10.5. The number of hydrogen-bond donors (Lipinski definition) is 0. The largest absolute Gasteiger partial charge is 0.310 e. The molecule has 0 aliphatic heterocycles. The number of fused-ring (bicyclic) bond motifs is 2. The smallest absolute Gasteiger partial charge is 0.0546 e.